The van der Waals surface area contributed by atoms with Crippen molar-refractivity contribution in [2.24, 2.45) is 11.8 Å². The molecule has 7 nitrogen and oxygen atoms in total. The van der Waals surface area contributed by atoms with Crippen molar-refractivity contribution in [3.8, 4) is 0 Å². The number of piperidine rings is 1. The largest absolute Gasteiger partial charge is 0.298 e. The monoisotopic (exact) mass is 399 g/mol. The minimum absolute atomic E-state index is 0.0597. The summed E-state index contributed by atoms with van der Waals surface area (Å²) >= 11 is 5.95. The van der Waals surface area contributed by atoms with Crippen molar-refractivity contribution in [1.82, 2.24) is 20.7 Å². The lowest BCUT2D eigenvalue weighted by molar-refractivity contribution is -0.136. The molecule has 1 aromatic heterocycles. The molecule has 2 N–H and O–H groups in total. The van der Waals surface area contributed by atoms with Crippen LogP contribution in [0, 0.1) is 25.7 Å². The Hall–Kier alpha value is -2.35. The third-order valence-electron chi connectivity index (χ3n) is 5.35. The average molecular weight is 400 g/mol. The van der Waals surface area contributed by atoms with E-state index in [-0.39, 0.29) is 29.6 Å². The zero-order valence-electron chi connectivity index (χ0n) is 15.9. The van der Waals surface area contributed by atoms with Crippen LogP contribution in [0.1, 0.15) is 23.9 Å². The number of anilines is 1. The van der Waals surface area contributed by atoms with E-state index >= 15 is 0 Å². The van der Waals surface area contributed by atoms with Crippen molar-refractivity contribution < 1.29 is 9.59 Å². The maximum absolute atomic E-state index is 13.2. The highest BCUT2D eigenvalue weighted by atomic mass is 35.5. The van der Waals surface area contributed by atoms with Crippen molar-refractivity contribution in [2.75, 3.05) is 5.01 Å². The van der Waals surface area contributed by atoms with Crippen molar-refractivity contribution in [1.29, 1.82) is 0 Å². The van der Waals surface area contributed by atoms with Gasteiger partial charge in [-0.2, -0.15) is 0 Å². The van der Waals surface area contributed by atoms with E-state index in [2.05, 4.69) is 20.7 Å². The standard InChI is InChI=1S/C20H22ClN5O2/c1-10-8-11(2)23-20(22-10)26-19(28)16-17(27)15(12(3)24-18(16)25-26)9-13-4-6-14(21)7-5-13/h4-8,12,15-16,18,24-25H,9H2,1-3H3. The number of halogens is 1. The Morgan fingerprint density at radius 1 is 1.11 bits per heavy atom. The van der Waals surface area contributed by atoms with Crippen LogP contribution in [-0.4, -0.2) is 33.9 Å². The molecule has 4 atom stereocenters. The van der Waals surface area contributed by atoms with Gasteiger partial charge in [0.1, 0.15) is 5.92 Å². The maximum atomic E-state index is 13.2. The number of benzene rings is 1. The lowest BCUT2D eigenvalue weighted by Crippen LogP contribution is -2.59. The van der Waals surface area contributed by atoms with Crippen LogP contribution in [0.5, 0.6) is 0 Å². The van der Waals surface area contributed by atoms with Crippen molar-refractivity contribution in [3.05, 3.63) is 52.3 Å². The van der Waals surface area contributed by atoms with Gasteiger partial charge in [0.15, 0.2) is 5.78 Å². The van der Waals surface area contributed by atoms with E-state index in [0.29, 0.717) is 11.4 Å². The molecule has 2 fully saturated rings. The molecule has 4 unspecified atom stereocenters. The van der Waals surface area contributed by atoms with Crippen LogP contribution in [0.2, 0.25) is 5.02 Å². The molecule has 0 bridgehead atoms. The van der Waals surface area contributed by atoms with Gasteiger partial charge >= 0.3 is 0 Å². The maximum Gasteiger partial charge on any atom is 0.257 e. The fourth-order valence-electron chi connectivity index (χ4n) is 3.97. The van der Waals surface area contributed by atoms with Gasteiger partial charge < -0.3 is 0 Å². The number of hydrogen-bond acceptors (Lipinski definition) is 6. The third kappa shape index (κ3) is 3.41. The van der Waals surface area contributed by atoms with Crippen LogP contribution < -0.4 is 15.8 Å². The van der Waals surface area contributed by atoms with Crippen molar-refractivity contribution in [2.45, 2.75) is 39.4 Å². The first-order valence-corrected chi connectivity index (χ1v) is 9.68. The molecule has 146 valence electrons. The average Bonchev–Trinajstić information content (AvgIpc) is 2.96. The first-order chi connectivity index (χ1) is 13.3. The second-order valence-electron chi connectivity index (χ2n) is 7.50. The SMILES string of the molecule is Cc1cc(C)nc(N2NC3NC(C)C(Cc4ccc(Cl)cc4)C(=O)C3C2=O)n1. The zero-order chi connectivity index (χ0) is 20.0. The van der Waals surface area contributed by atoms with E-state index in [1.807, 2.05) is 51.1 Å². The van der Waals surface area contributed by atoms with Gasteiger partial charge in [-0.15, -0.1) is 0 Å². The number of nitrogens with one attached hydrogen (secondary N) is 2. The van der Waals surface area contributed by atoms with Gasteiger partial charge in [-0.05, 0) is 51.0 Å². The molecule has 1 aromatic carbocycles. The molecule has 2 saturated heterocycles. The second-order valence-corrected chi connectivity index (χ2v) is 7.94. The Kier molecular flexibility index (Phi) is 4.91. The van der Waals surface area contributed by atoms with E-state index in [4.69, 9.17) is 11.6 Å². The van der Waals surface area contributed by atoms with Gasteiger partial charge in [0, 0.05) is 28.4 Å². The molecule has 0 radical (unpaired) electrons. The summed E-state index contributed by atoms with van der Waals surface area (Å²) in [6.45, 7) is 5.66. The quantitative estimate of drug-likeness (QED) is 0.767. The molecule has 0 aliphatic carbocycles. The third-order valence-corrected chi connectivity index (χ3v) is 5.60. The van der Waals surface area contributed by atoms with E-state index in [0.717, 1.165) is 17.0 Å². The number of fused-ring (bicyclic) bond motifs is 1. The van der Waals surface area contributed by atoms with Crippen LogP contribution in [0.15, 0.2) is 30.3 Å². The summed E-state index contributed by atoms with van der Waals surface area (Å²) in [5.41, 5.74) is 5.62. The fraction of sp³-hybridized carbons (Fsp3) is 0.400. The molecule has 0 saturated carbocycles. The molecule has 3 heterocycles. The van der Waals surface area contributed by atoms with Gasteiger partial charge in [0.25, 0.3) is 5.91 Å². The van der Waals surface area contributed by atoms with Crippen molar-refractivity contribution in [3.63, 3.8) is 0 Å². The number of carbonyl (C=O) groups is 2. The van der Waals surface area contributed by atoms with E-state index < -0.39 is 12.1 Å². The Bertz CT molecular complexity index is 912. The number of Topliss-reactive ketones (excluding diaryl/α,β-unsaturated/α-hetero) is 1. The highest BCUT2D eigenvalue weighted by molar-refractivity contribution is 6.30. The smallest absolute Gasteiger partial charge is 0.257 e. The van der Waals surface area contributed by atoms with Gasteiger partial charge in [-0.1, -0.05) is 23.7 Å². The summed E-state index contributed by atoms with van der Waals surface area (Å²) in [5, 5.41) is 5.33. The summed E-state index contributed by atoms with van der Waals surface area (Å²) in [6.07, 6.45) is 0.0988. The number of hydrogen-bond donors (Lipinski definition) is 2. The number of aryl methyl sites for hydroxylation is 2. The lowest BCUT2D eigenvalue weighted by atomic mass is 9.79. The molecule has 0 spiro atoms. The fourth-order valence-corrected chi connectivity index (χ4v) is 4.10. The number of ketones is 1. The van der Waals surface area contributed by atoms with Gasteiger partial charge in [0.05, 0.1) is 6.17 Å². The molecule has 2 aliphatic heterocycles. The Morgan fingerprint density at radius 3 is 2.39 bits per heavy atom. The number of carbonyl (C=O) groups excluding carboxylic acids is 2. The number of nitrogens with zero attached hydrogens (tertiary/aromatic N) is 3. The number of hydrazine groups is 1. The van der Waals surface area contributed by atoms with Gasteiger partial charge in [-0.3, -0.25) is 14.9 Å². The van der Waals surface area contributed by atoms with Crippen LogP contribution in [0.25, 0.3) is 0 Å². The van der Waals surface area contributed by atoms with Crippen LogP contribution >= 0.6 is 11.6 Å². The normalized spacial score (nSPS) is 27.2. The molecule has 28 heavy (non-hydrogen) atoms. The molecule has 1 amide bonds. The molecule has 2 aromatic rings. The summed E-state index contributed by atoms with van der Waals surface area (Å²) in [7, 11) is 0. The highest BCUT2D eigenvalue weighted by Crippen LogP contribution is 2.30. The summed E-state index contributed by atoms with van der Waals surface area (Å²) in [4.78, 5) is 34.9. The van der Waals surface area contributed by atoms with Gasteiger partial charge in [-0.25, -0.2) is 20.4 Å². The van der Waals surface area contributed by atoms with E-state index in [1.54, 1.807) is 0 Å². The number of aromatic nitrogens is 2. The minimum Gasteiger partial charge on any atom is -0.298 e. The van der Waals surface area contributed by atoms with Crippen LogP contribution in [0.4, 0.5) is 5.95 Å². The number of amides is 1. The highest BCUT2D eigenvalue weighted by Gasteiger charge is 2.52. The topological polar surface area (TPSA) is 87.2 Å². The van der Waals surface area contributed by atoms with Crippen LogP contribution in [-0.2, 0) is 16.0 Å². The van der Waals surface area contributed by atoms with E-state index in [9.17, 15) is 9.59 Å². The Balaban J connectivity index is 1.58. The molecule has 8 heteroatoms. The summed E-state index contributed by atoms with van der Waals surface area (Å²) in [6, 6.07) is 9.21. The lowest BCUT2D eigenvalue weighted by Gasteiger charge is -2.35. The predicted octanol–water partition coefficient (Wildman–Crippen LogP) is 1.96. The van der Waals surface area contributed by atoms with Crippen LogP contribution in [0.3, 0.4) is 0 Å². The van der Waals surface area contributed by atoms with Gasteiger partial charge in [0.2, 0.25) is 5.95 Å². The zero-order valence-corrected chi connectivity index (χ0v) is 16.7. The molecule has 4 rings (SSSR count). The Morgan fingerprint density at radius 2 is 1.75 bits per heavy atom. The molecular weight excluding hydrogens is 378 g/mol. The predicted molar refractivity (Wildman–Crippen MR) is 106 cm³/mol. The first kappa shape index (κ1) is 19.0. The second kappa shape index (κ2) is 7.24. The summed E-state index contributed by atoms with van der Waals surface area (Å²) in [5.74, 6) is -1.20. The number of rotatable bonds is 3. The minimum atomic E-state index is -0.794. The van der Waals surface area contributed by atoms with E-state index in [1.165, 1.54) is 5.01 Å². The summed E-state index contributed by atoms with van der Waals surface area (Å²) < 4.78 is 0. The molecule has 2 aliphatic rings. The first-order valence-electron chi connectivity index (χ1n) is 9.30. The van der Waals surface area contributed by atoms with Crippen molar-refractivity contribution >= 4 is 29.2 Å². The molecular formula is C20H22ClN5O2. The Labute approximate surface area is 168 Å².